The number of rotatable bonds is 3. The highest BCUT2D eigenvalue weighted by molar-refractivity contribution is 7.22. The molecule has 0 aliphatic carbocycles. The van der Waals surface area contributed by atoms with E-state index in [1.54, 1.807) is 41.7 Å². The second-order valence-corrected chi connectivity index (χ2v) is 7.05. The van der Waals surface area contributed by atoms with Gasteiger partial charge in [0.25, 0.3) is 0 Å². The predicted molar refractivity (Wildman–Crippen MR) is 95.0 cm³/mol. The van der Waals surface area contributed by atoms with E-state index in [4.69, 9.17) is 0 Å². The minimum absolute atomic E-state index is 0.0277. The zero-order valence-corrected chi connectivity index (χ0v) is 13.9. The van der Waals surface area contributed by atoms with Crippen molar-refractivity contribution in [1.82, 2.24) is 4.98 Å². The SMILES string of the molecule is [O]c1ccc2nc(N3CCC(Nc4ccc(F)cc4)CC3)sc2c1. The first-order valence-corrected chi connectivity index (χ1v) is 8.84. The Morgan fingerprint density at radius 3 is 2.62 bits per heavy atom. The molecular formula is C18H17FN3OS. The maximum atomic E-state index is 13.0. The average molecular weight is 342 g/mol. The van der Waals surface area contributed by atoms with Crippen LogP contribution in [0.4, 0.5) is 15.2 Å². The summed E-state index contributed by atoms with van der Waals surface area (Å²) < 4.78 is 13.9. The maximum absolute atomic E-state index is 13.0. The molecule has 2 aromatic carbocycles. The van der Waals surface area contributed by atoms with Crippen molar-refractivity contribution in [2.75, 3.05) is 23.3 Å². The number of piperidine rings is 1. The first-order chi connectivity index (χ1) is 11.7. The van der Waals surface area contributed by atoms with Crippen LogP contribution in [0.2, 0.25) is 0 Å². The highest BCUT2D eigenvalue weighted by Gasteiger charge is 2.21. The highest BCUT2D eigenvalue weighted by atomic mass is 32.1. The van der Waals surface area contributed by atoms with Crippen molar-refractivity contribution in [2.24, 2.45) is 0 Å². The van der Waals surface area contributed by atoms with Crippen LogP contribution in [0.1, 0.15) is 12.8 Å². The third-order valence-electron chi connectivity index (χ3n) is 4.33. The molecule has 4 nitrogen and oxygen atoms in total. The summed E-state index contributed by atoms with van der Waals surface area (Å²) in [7, 11) is 0. The molecule has 0 atom stereocenters. The van der Waals surface area contributed by atoms with Crippen molar-refractivity contribution in [2.45, 2.75) is 18.9 Å². The number of benzene rings is 2. The zero-order valence-electron chi connectivity index (χ0n) is 13.0. The van der Waals surface area contributed by atoms with Gasteiger partial charge in [0.1, 0.15) is 5.82 Å². The quantitative estimate of drug-likeness (QED) is 0.753. The van der Waals surface area contributed by atoms with E-state index in [0.717, 1.165) is 47.0 Å². The molecule has 1 aromatic heterocycles. The molecule has 0 spiro atoms. The lowest BCUT2D eigenvalue weighted by molar-refractivity contribution is 0.355. The number of halogens is 1. The monoisotopic (exact) mass is 342 g/mol. The molecule has 3 aromatic rings. The third kappa shape index (κ3) is 3.14. The van der Waals surface area contributed by atoms with Gasteiger partial charge in [-0.2, -0.15) is 0 Å². The summed E-state index contributed by atoms with van der Waals surface area (Å²) in [5, 5.41) is 15.9. The number of nitrogens with one attached hydrogen (secondary N) is 1. The topological polar surface area (TPSA) is 48.1 Å². The van der Waals surface area contributed by atoms with Crippen LogP contribution >= 0.6 is 11.3 Å². The minimum Gasteiger partial charge on any atom is -0.382 e. The summed E-state index contributed by atoms with van der Waals surface area (Å²) in [4.78, 5) is 6.92. The second-order valence-electron chi connectivity index (χ2n) is 6.04. The Labute approximate surface area is 143 Å². The zero-order chi connectivity index (χ0) is 16.5. The van der Waals surface area contributed by atoms with Crippen LogP contribution in [0, 0.1) is 5.82 Å². The molecule has 6 heteroatoms. The van der Waals surface area contributed by atoms with E-state index in [1.807, 2.05) is 0 Å². The van der Waals surface area contributed by atoms with Crippen molar-refractivity contribution in [1.29, 1.82) is 0 Å². The van der Waals surface area contributed by atoms with E-state index >= 15 is 0 Å². The van der Waals surface area contributed by atoms with Crippen LogP contribution in [0.3, 0.4) is 0 Å². The van der Waals surface area contributed by atoms with Crippen LogP contribution in [0.15, 0.2) is 42.5 Å². The van der Waals surface area contributed by atoms with Crippen LogP contribution in [0.5, 0.6) is 5.75 Å². The summed E-state index contributed by atoms with van der Waals surface area (Å²) >= 11 is 1.58. The Bertz CT molecular complexity index is 841. The number of hydrogen-bond acceptors (Lipinski definition) is 4. The van der Waals surface area contributed by atoms with Gasteiger partial charge in [-0.1, -0.05) is 11.3 Å². The van der Waals surface area contributed by atoms with Crippen LogP contribution in [0.25, 0.3) is 10.2 Å². The molecule has 0 unspecified atom stereocenters. The van der Waals surface area contributed by atoms with Crippen LogP contribution in [-0.2, 0) is 5.11 Å². The largest absolute Gasteiger partial charge is 0.382 e. The van der Waals surface area contributed by atoms with Crippen molar-refractivity contribution in [3.63, 3.8) is 0 Å². The van der Waals surface area contributed by atoms with E-state index in [9.17, 15) is 9.50 Å². The van der Waals surface area contributed by atoms with Gasteiger partial charge >= 0.3 is 0 Å². The average Bonchev–Trinajstić information content (AvgIpc) is 3.01. The van der Waals surface area contributed by atoms with Gasteiger partial charge in [0.15, 0.2) is 10.9 Å². The second kappa shape index (κ2) is 6.28. The van der Waals surface area contributed by atoms with E-state index in [1.165, 1.54) is 12.1 Å². The van der Waals surface area contributed by atoms with Gasteiger partial charge in [0.05, 0.1) is 10.2 Å². The van der Waals surface area contributed by atoms with Gasteiger partial charge in [0, 0.05) is 30.9 Å². The summed E-state index contributed by atoms with van der Waals surface area (Å²) in [5.74, 6) is -0.188. The van der Waals surface area contributed by atoms with Gasteiger partial charge in [-0.25, -0.2) is 9.37 Å². The summed E-state index contributed by atoms with van der Waals surface area (Å²) in [6.07, 6.45) is 2.00. The maximum Gasteiger partial charge on any atom is 0.186 e. The standard InChI is InChI=1S/C18H17FN3OS/c19-12-1-3-13(4-2-12)20-14-7-9-22(10-8-14)18-21-16-6-5-15(23)11-17(16)24-18/h1-6,11,14,20H,7-10H2. The van der Waals surface area contributed by atoms with Gasteiger partial charge in [-0.05, 0) is 49.2 Å². The molecule has 24 heavy (non-hydrogen) atoms. The Balaban J connectivity index is 1.40. The van der Waals surface area contributed by atoms with Crippen LogP contribution < -0.4 is 10.2 Å². The molecule has 123 valence electrons. The number of fused-ring (bicyclic) bond motifs is 1. The Hall–Kier alpha value is -2.34. The van der Waals surface area contributed by atoms with E-state index in [2.05, 4.69) is 15.2 Å². The Morgan fingerprint density at radius 1 is 1.12 bits per heavy atom. The van der Waals surface area contributed by atoms with Crippen LogP contribution in [-0.4, -0.2) is 24.1 Å². The Kier molecular flexibility index (Phi) is 3.98. The smallest absolute Gasteiger partial charge is 0.186 e. The molecule has 1 radical (unpaired) electrons. The first kappa shape index (κ1) is 15.2. The fourth-order valence-corrected chi connectivity index (χ4v) is 4.07. The molecule has 0 saturated carbocycles. The summed E-state index contributed by atoms with van der Waals surface area (Å²) in [5.41, 5.74) is 1.85. The third-order valence-corrected chi connectivity index (χ3v) is 5.41. The lowest BCUT2D eigenvalue weighted by Crippen LogP contribution is -2.39. The lowest BCUT2D eigenvalue weighted by Gasteiger charge is -2.32. The van der Waals surface area contributed by atoms with Crippen molar-refractivity contribution < 1.29 is 9.50 Å². The van der Waals surface area contributed by atoms with Crippen molar-refractivity contribution >= 4 is 32.4 Å². The number of thiazole rings is 1. The molecule has 4 rings (SSSR count). The molecule has 0 amide bonds. The number of hydrogen-bond donors (Lipinski definition) is 1. The Morgan fingerprint density at radius 2 is 1.88 bits per heavy atom. The lowest BCUT2D eigenvalue weighted by atomic mass is 10.1. The molecule has 2 heterocycles. The molecule has 1 aliphatic heterocycles. The van der Waals surface area contributed by atoms with E-state index in [0.29, 0.717) is 6.04 Å². The van der Waals surface area contributed by atoms with Crippen molar-refractivity contribution in [3.05, 3.63) is 48.3 Å². The van der Waals surface area contributed by atoms with Gasteiger partial charge < -0.3 is 10.2 Å². The number of nitrogens with zero attached hydrogens (tertiary/aromatic N) is 2. The molecular weight excluding hydrogens is 325 g/mol. The van der Waals surface area contributed by atoms with E-state index in [-0.39, 0.29) is 11.6 Å². The fraction of sp³-hybridized carbons (Fsp3) is 0.278. The molecule has 1 fully saturated rings. The van der Waals surface area contributed by atoms with Gasteiger partial charge in [-0.15, -0.1) is 0 Å². The summed E-state index contributed by atoms with van der Waals surface area (Å²) in [6, 6.07) is 11.9. The van der Waals surface area contributed by atoms with Gasteiger partial charge in [0.2, 0.25) is 0 Å². The van der Waals surface area contributed by atoms with Gasteiger partial charge in [-0.3, -0.25) is 5.11 Å². The predicted octanol–water partition coefficient (Wildman–Crippen LogP) is 4.66. The van der Waals surface area contributed by atoms with E-state index < -0.39 is 0 Å². The van der Waals surface area contributed by atoms with Crippen molar-refractivity contribution in [3.8, 4) is 5.75 Å². The number of aromatic nitrogens is 1. The number of anilines is 2. The normalized spacial score (nSPS) is 15.8. The molecule has 1 N–H and O–H groups in total. The molecule has 1 aliphatic rings. The molecule has 1 saturated heterocycles. The fourth-order valence-electron chi connectivity index (χ4n) is 3.02. The molecule has 0 bridgehead atoms. The first-order valence-electron chi connectivity index (χ1n) is 8.02. The summed E-state index contributed by atoms with van der Waals surface area (Å²) in [6.45, 7) is 1.84. The minimum atomic E-state index is -0.215. The highest BCUT2D eigenvalue weighted by Crippen LogP contribution is 2.32.